The van der Waals surface area contributed by atoms with Crippen molar-refractivity contribution in [3.63, 3.8) is 0 Å². The summed E-state index contributed by atoms with van der Waals surface area (Å²) in [6.45, 7) is 0. The average Bonchev–Trinajstić information content (AvgIpc) is 2.49. The van der Waals surface area contributed by atoms with Gasteiger partial charge in [0.05, 0.1) is 21.6 Å². The molecule has 22 heavy (non-hydrogen) atoms. The predicted octanol–water partition coefficient (Wildman–Crippen LogP) is 5.42. The van der Waals surface area contributed by atoms with Crippen molar-refractivity contribution in [2.24, 2.45) is 0 Å². The Kier molecular flexibility index (Phi) is 5.89. The van der Waals surface area contributed by atoms with Gasteiger partial charge in [0.1, 0.15) is 5.75 Å². The normalized spacial score (nSPS) is 10.7. The van der Waals surface area contributed by atoms with E-state index in [0.29, 0.717) is 15.7 Å². The molecule has 1 N–H and O–H groups in total. The molecule has 0 spiro atoms. The number of ether oxygens (including phenoxy) is 1. The van der Waals surface area contributed by atoms with Crippen LogP contribution in [0.25, 0.3) is 6.08 Å². The molecular weight excluding hydrogens is 389 g/mol. The van der Waals surface area contributed by atoms with Crippen molar-refractivity contribution in [2.75, 3.05) is 12.4 Å². The van der Waals surface area contributed by atoms with Crippen LogP contribution in [0, 0.1) is 0 Å². The molecule has 1 amide bonds. The Bertz CT molecular complexity index is 732. The number of amides is 1. The second kappa shape index (κ2) is 7.68. The van der Waals surface area contributed by atoms with Gasteiger partial charge in [-0.05, 0) is 57.9 Å². The van der Waals surface area contributed by atoms with Gasteiger partial charge >= 0.3 is 0 Å². The van der Waals surface area contributed by atoms with Gasteiger partial charge in [-0.3, -0.25) is 4.79 Å². The third kappa shape index (κ3) is 4.50. The van der Waals surface area contributed by atoms with Crippen LogP contribution < -0.4 is 10.1 Å². The van der Waals surface area contributed by atoms with Gasteiger partial charge in [0.2, 0.25) is 5.91 Å². The van der Waals surface area contributed by atoms with Crippen molar-refractivity contribution in [3.05, 3.63) is 62.6 Å². The lowest BCUT2D eigenvalue weighted by molar-refractivity contribution is -0.111. The molecule has 0 unspecified atom stereocenters. The SMILES string of the molecule is COc1ccc(/C=C/C(=O)Nc2ccc(Cl)c(Cl)c2)cc1Br. The molecule has 0 aliphatic carbocycles. The summed E-state index contributed by atoms with van der Waals surface area (Å²) in [5, 5.41) is 3.55. The maximum Gasteiger partial charge on any atom is 0.248 e. The van der Waals surface area contributed by atoms with E-state index in [9.17, 15) is 4.79 Å². The Morgan fingerprint density at radius 2 is 1.95 bits per heavy atom. The Balaban J connectivity index is 2.04. The molecule has 0 aromatic heterocycles. The van der Waals surface area contributed by atoms with Crippen LogP contribution in [0.3, 0.4) is 0 Å². The van der Waals surface area contributed by atoms with Gasteiger partial charge in [0.25, 0.3) is 0 Å². The molecule has 6 heteroatoms. The fourth-order valence-corrected chi connectivity index (χ4v) is 2.57. The van der Waals surface area contributed by atoms with E-state index in [1.807, 2.05) is 18.2 Å². The van der Waals surface area contributed by atoms with Crippen LogP contribution in [0.5, 0.6) is 5.75 Å². The largest absolute Gasteiger partial charge is 0.496 e. The number of carbonyl (C=O) groups is 1. The topological polar surface area (TPSA) is 38.3 Å². The Labute approximate surface area is 147 Å². The summed E-state index contributed by atoms with van der Waals surface area (Å²) in [5.41, 5.74) is 1.46. The van der Waals surface area contributed by atoms with Crippen molar-refractivity contribution >= 4 is 56.8 Å². The van der Waals surface area contributed by atoms with Gasteiger partial charge < -0.3 is 10.1 Å². The fourth-order valence-electron chi connectivity index (χ4n) is 1.72. The molecule has 3 nitrogen and oxygen atoms in total. The molecular formula is C16H12BrCl2NO2. The van der Waals surface area contributed by atoms with Gasteiger partial charge in [-0.25, -0.2) is 0 Å². The molecule has 2 aromatic rings. The van der Waals surface area contributed by atoms with E-state index >= 15 is 0 Å². The molecule has 114 valence electrons. The number of halogens is 3. The highest BCUT2D eigenvalue weighted by atomic mass is 79.9. The van der Waals surface area contributed by atoms with E-state index in [0.717, 1.165) is 15.8 Å². The van der Waals surface area contributed by atoms with Crippen molar-refractivity contribution < 1.29 is 9.53 Å². The number of methoxy groups -OCH3 is 1. The molecule has 0 radical (unpaired) electrons. The molecule has 0 bridgehead atoms. The van der Waals surface area contributed by atoms with E-state index in [4.69, 9.17) is 27.9 Å². The molecule has 2 rings (SSSR count). The van der Waals surface area contributed by atoms with Gasteiger partial charge in [0.15, 0.2) is 0 Å². The zero-order valence-corrected chi connectivity index (χ0v) is 14.7. The summed E-state index contributed by atoms with van der Waals surface area (Å²) < 4.78 is 5.97. The fraction of sp³-hybridized carbons (Fsp3) is 0.0625. The number of anilines is 1. The Morgan fingerprint density at radius 3 is 2.59 bits per heavy atom. The zero-order valence-electron chi connectivity index (χ0n) is 11.6. The quantitative estimate of drug-likeness (QED) is 0.696. The van der Waals surface area contributed by atoms with Crippen LogP contribution in [0.2, 0.25) is 10.0 Å². The summed E-state index contributed by atoms with van der Waals surface area (Å²) in [6.07, 6.45) is 3.15. The minimum atomic E-state index is -0.259. The monoisotopic (exact) mass is 399 g/mol. The summed E-state index contributed by atoms with van der Waals surface area (Å²) >= 11 is 15.1. The highest BCUT2D eigenvalue weighted by Gasteiger charge is 2.03. The summed E-state index contributed by atoms with van der Waals surface area (Å²) in [5.74, 6) is 0.475. The van der Waals surface area contributed by atoms with Gasteiger partial charge in [-0.15, -0.1) is 0 Å². The van der Waals surface area contributed by atoms with Crippen LogP contribution >= 0.6 is 39.1 Å². The Hall–Kier alpha value is -1.49. The number of rotatable bonds is 4. The third-order valence-corrected chi connectivity index (χ3v) is 4.15. The molecule has 0 saturated heterocycles. The average molecular weight is 401 g/mol. The van der Waals surface area contributed by atoms with E-state index in [-0.39, 0.29) is 5.91 Å². The number of hydrogen-bond acceptors (Lipinski definition) is 2. The highest BCUT2D eigenvalue weighted by Crippen LogP contribution is 2.26. The minimum absolute atomic E-state index is 0.259. The van der Waals surface area contributed by atoms with Gasteiger partial charge in [-0.2, -0.15) is 0 Å². The molecule has 2 aromatic carbocycles. The standard InChI is InChI=1S/C16H12BrCl2NO2/c1-22-15-6-2-10(8-12(15)17)3-7-16(21)20-11-4-5-13(18)14(19)9-11/h2-9H,1H3,(H,20,21)/b7-3+. The predicted molar refractivity (Wildman–Crippen MR) is 94.8 cm³/mol. The molecule has 0 atom stereocenters. The number of benzene rings is 2. The summed E-state index contributed by atoms with van der Waals surface area (Å²) in [6, 6.07) is 10.4. The van der Waals surface area contributed by atoms with Crippen LogP contribution in [0.15, 0.2) is 46.9 Å². The first-order valence-electron chi connectivity index (χ1n) is 6.27. The van der Waals surface area contributed by atoms with Crippen molar-refractivity contribution in [1.29, 1.82) is 0 Å². The van der Waals surface area contributed by atoms with Crippen molar-refractivity contribution in [3.8, 4) is 5.75 Å². The van der Waals surface area contributed by atoms with Gasteiger partial charge in [0, 0.05) is 11.8 Å². The third-order valence-electron chi connectivity index (χ3n) is 2.79. The maximum atomic E-state index is 11.9. The zero-order chi connectivity index (χ0) is 16.1. The summed E-state index contributed by atoms with van der Waals surface area (Å²) in [4.78, 5) is 11.9. The van der Waals surface area contributed by atoms with E-state index in [2.05, 4.69) is 21.2 Å². The lowest BCUT2D eigenvalue weighted by Crippen LogP contribution is -2.07. The molecule has 0 aliphatic heterocycles. The molecule has 0 fully saturated rings. The number of hydrogen-bond donors (Lipinski definition) is 1. The molecule has 0 saturated carbocycles. The first-order valence-corrected chi connectivity index (χ1v) is 7.82. The van der Waals surface area contributed by atoms with Crippen molar-refractivity contribution in [1.82, 2.24) is 0 Å². The molecule has 0 heterocycles. The lowest BCUT2D eigenvalue weighted by atomic mass is 10.2. The minimum Gasteiger partial charge on any atom is -0.496 e. The van der Waals surface area contributed by atoms with E-state index in [1.54, 1.807) is 31.4 Å². The maximum absolute atomic E-state index is 11.9. The highest BCUT2D eigenvalue weighted by molar-refractivity contribution is 9.10. The van der Waals surface area contributed by atoms with Crippen LogP contribution in [-0.2, 0) is 4.79 Å². The number of carbonyl (C=O) groups excluding carboxylic acids is 1. The smallest absolute Gasteiger partial charge is 0.248 e. The number of nitrogens with one attached hydrogen (secondary N) is 1. The molecule has 0 aliphatic rings. The summed E-state index contributed by atoms with van der Waals surface area (Å²) in [7, 11) is 1.60. The van der Waals surface area contributed by atoms with E-state index in [1.165, 1.54) is 6.08 Å². The lowest BCUT2D eigenvalue weighted by Gasteiger charge is -2.04. The second-order valence-corrected chi connectivity index (χ2v) is 6.01. The van der Waals surface area contributed by atoms with Crippen molar-refractivity contribution in [2.45, 2.75) is 0 Å². The van der Waals surface area contributed by atoms with Crippen LogP contribution in [-0.4, -0.2) is 13.0 Å². The van der Waals surface area contributed by atoms with Gasteiger partial charge in [-0.1, -0.05) is 29.3 Å². The first-order chi connectivity index (χ1) is 10.5. The van der Waals surface area contributed by atoms with E-state index < -0.39 is 0 Å². The second-order valence-electron chi connectivity index (χ2n) is 4.35. The first kappa shape index (κ1) is 16.9. The van der Waals surface area contributed by atoms with Crippen LogP contribution in [0.1, 0.15) is 5.56 Å². The van der Waals surface area contributed by atoms with Crippen LogP contribution in [0.4, 0.5) is 5.69 Å². The Morgan fingerprint density at radius 1 is 1.18 bits per heavy atom.